The van der Waals surface area contributed by atoms with Gasteiger partial charge in [-0.15, -0.1) is 24.0 Å². The molecule has 2 aromatic carbocycles. The standard InChI is InChI=1S/C22H30BrN5.HI/c1-24-22(25-14-17-7-6-8-18(13-17)15-27(2)3)26-19-11-12-28(16-19)21-10-5-4-9-20(21)23;/h4-10,13,19H,11-12,14-16H2,1-3H3,(H2,24,25,26);1H. The summed E-state index contributed by atoms with van der Waals surface area (Å²) >= 11 is 3.66. The number of anilines is 1. The van der Waals surface area contributed by atoms with Crippen LogP contribution in [0.1, 0.15) is 17.5 Å². The van der Waals surface area contributed by atoms with E-state index in [-0.39, 0.29) is 24.0 Å². The summed E-state index contributed by atoms with van der Waals surface area (Å²) in [5.41, 5.74) is 3.85. The second kappa shape index (κ2) is 11.8. The molecule has 0 aromatic heterocycles. The first kappa shape index (κ1) is 24.0. The summed E-state index contributed by atoms with van der Waals surface area (Å²) in [6.45, 7) is 3.74. The molecule has 1 fully saturated rings. The van der Waals surface area contributed by atoms with Gasteiger partial charge in [0.05, 0.1) is 5.69 Å². The molecule has 0 saturated carbocycles. The van der Waals surface area contributed by atoms with Crippen LogP contribution < -0.4 is 15.5 Å². The van der Waals surface area contributed by atoms with E-state index < -0.39 is 0 Å². The van der Waals surface area contributed by atoms with Crippen molar-refractivity contribution in [3.8, 4) is 0 Å². The molecule has 2 aromatic rings. The van der Waals surface area contributed by atoms with Gasteiger partial charge in [0.25, 0.3) is 0 Å². The van der Waals surface area contributed by atoms with Crippen molar-refractivity contribution >= 4 is 51.6 Å². The maximum Gasteiger partial charge on any atom is 0.191 e. The Morgan fingerprint density at radius 3 is 2.66 bits per heavy atom. The lowest BCUT2D eigenvalue weighted by molar-refractivity contribution is 0.402. The molecule has 29 heavy (non-hydrogen) atoms. The number of halogens is 2. The number of para-hydroxylation sites is 1. The van der Waals surface area contributed by atoms with Gasteiger partial charge in [0, 0.05) is 43.7 Å². The van der Waals surface area contributed by atoms with Crippen molar-refractivity contribution in [2.45, 2.75) is 25.6 Å². The van der Waals surface area contributed by atoms with Crippen molar-refractivity contribution < 1.29 is 0 Å². The molecule has 0 bridgehead atoms. The molecule has 0 spiro atoms. The molecule has 1 saturated heterocycles. The summed E-state index contributed by atoms with van der Waals surface area (Å²) in [5.74, 6) is 0.858. The van der Waals surface area contributed by atoms with Crippen LogP contribution in [0.15, 0.2) is 58.0 Å². The fourth-order valence-electron chi connectivity index (χ4n) is 3.58. The molecule has 1 aliphatic rings. The second-order valence-electron chi connectivity index (χ2n) is 7.51. The quantitative estimate of drug-likeness (QED) is 0.312. The fraction of sp³-hybridized carbons (Fsp3) is 0.409. The lowest BCUT2D eigenvalue weighted by atomic mass is 10.1. The van der Waals surface area contributed by atoms with Gasteiger partial charge in [-0.05, 0) is 59.7 Å². The van der Waals surface area contributed by atoms with E-state index in [9.17, 15) is 0 Å². The maximum absolute atomic E-state index is 4.41. The summed E-state index contributed by atoms with van der Waals surface area (Å²) in [6, 6.07) is 17.5. The number of guanidine groups is 1. The summed E-state index contributed by atoms with van der Waals surface area (Å²) < 4.78 is 1.15. The maximum atomic E-state index is 4.41. The van der Waals surface area contributed by atoms with Crippen molar-refractivity contribution in [1.29, 1.82) is 0 Å². The Hall–Kier alpha value is -1.32. The zero-order valence-electron chi connectivity index (χ0n) is 17.4. The van der Waals surface area contributed by atoms with E-state index in [1.54, 1.807) is 0 Å². The van der Waals surface area contributed by atoms with E-state index >= 15 is 0 Å². The molecule has 7 heteroatoms. The average Bonchev–Trinajstić information content (AvgIpc) is 3.13. The Kier molecular flexibility index (Phi) is 9.71. The van der Waals surface area contributed by atoms with Crippen molar-refractivity contribution in [3.63, 3.8) is 0 Å². The molecular formula is C22H31BrIN5. The molecule has 1 atom stereocenters. The number of hydrogen-bond donors (Lipinski definition) is 2. The number of rotatable bonds is 6. The van der Waals surface area contributed by atoms with Gasteiger partial charge in [0.2, 0.25) is 0 Å². The highest BCUT2D eigenvalue weighted by atomic mass is 127. The Bertz CT molecular complexity index is 811. The van der Waals surface area contributed by atoms with Crippen LogP contribution in [0.5, 0.6) is 0 Å². The minimum atomic E-state index is 0. The SMILES string of the molecule is CN=C(NCc1cccc(CN(C)C)c1)NC1CCN(c2ccccc2Br)C1.I. The van der Waals surface area contributed by atoms with Crippen LogP contribution in [0.3, 0.4) is 0 Å². The normalized spacial score (nSPS) is 16.7. The van der Waals surface area contributed by atoms with Gasteiger partial charge in [0.15, 0.2) is 5.96 Å². The smallest absolute Gasteiger partial charge is 0.191 e. The molecule has 0 amide bonds. The van der Waals surface area contributed by atoms with Crippen molar-refractivity contribution in [1.82, 2.24) is 15.5 Å². The monoisotopic (exact) mass is 571 g/mol. The third-order valence-corrected chi connectivity index (χ3v) is 5.57. The first-order chi connectivity index (χ1) is 13.5. The molecule has 1 heterocycles. The molecule has 158 valence electrons. The van der Waals surface area contributed by atoms with E-state index in [1.165, 1.54) is 16.8 Å². The Morgan fingerprint density at radius 2 is 1.93 bits per heavy atom. The Balaban J connectivity index is 0.00000300. The van der Waals surface area contributed by atoms with Crippen LogP contribution in [0.2, 0.25) is 0 Å². The zero-order chi connectivity index (χ0) is 19.9. The molecule has 1 unspecified atom stereocenters. The van der Waals surface area contributed by atoms with Crippen LogP contribution in [0.25, 0.3) is 0 Å². The minimum Gasteiger partial charge on any atom is -0.368 e. The minimum absolute atomic E-state index is 0. The summed E-state index contributed by atoms with van der Waals surface area (Å²) in [6.07, 6.45) is 1.10. The van der Waals surface area contributed by atoms with Gasteiger partial charge in [0.1, 0.15) is 0 Å². The van der Waals surface area contributed by atoms with Crippen molar-refractivity contribution in [2.75, 3.05) is 39.1 Å². The molecule has 3 rings (SSSR count). The van der Waals surface area contributed by atoms with Crippen LogP contribution in [-0.2, 0) is 13.1 Å². The van der Waals surface area contributed by atoms with Crippen molar-refractivity contribution in [2.24, 2.45) is 4.99 Å². The first-order valence-corrected chi connectivity index (χ1v) is 10.5. The van der Waals surface area contributed by atoms with Gasteiger partial charge in [-0.25, -0.2) is 0 Å². The largest absolute Gasteiger partial charge is 0.368 e. The number of nitrogens with zero attached hydrogens (tertiary/aromatic N) is 3. The third-order valence-electron chi connectivity index (χ3n) is 4.90. The fourth-order valence-corrected chi connectivity index (χ4v) is 4.12. The number of aliphatic imine (C=N–C) groups is 1. The first-order valence-electron chi connectivity index (χ1n) is 9.74. The average molecular weight is 572 g/mol. The van der Waals surface area contributed by atoms with Gasteiger partial charge in [-0.3, -0.25) is 4.99 Å². The van der Waals surface area contributed by atoms with Crippen LogP contribution in [-0.4, -0.2) is 51.1 Å². The zero-order valence-corrected chi connectivity index (χ0v) is 21.3. The predicted molar refractivity (Wildman–Crippen MR) is 137 cm³/mol. The number of nitrogens with one attached hydrogen (secondary N) is 2. The van der Waals surface area contributed by atoms with E-state index in [0.717, 1.165) is 43.0 Å². The summed E-state index contributed by atoms with van der Waals surface area (Å²) in [4.78, 5) is 9.01. The highest BCUT2D eigenvalue weighted by Gasteiger charge is 2.24. The molecular weight excluding hydrogens is 541 g/mol. The molecule has 1 aliphatic heterocycles. The van der Waals surface area contributed by atoms with E-state index in [2.05, 4.69) is 104 Å². The highest BCUT2D eigenvalue weighted by molar-refractivity contribution is 14.0. The van der Waals surface area contributed by atoms with Crippen molar-refractivity contribution in [3.05, 3.63) is 64.1 Å². The lowest BCUT2D eigenvalue weighted by Crippen LogP contribution is -2.44. The molecule has 5 nitrogen and oxygen atoms in total. The third kappa shape index (κ3) is 7.15. The van der Waals surface area contributed by atoms with Gasteiger partial charge in [-0.2, -0.15) is 0 Å². The van der Waals surface area contributed by atoms with E-state index in [1.807, 2.05) is 7.05 Å². The Labute approximate surface area is 200 Å². The summed E-state index contributed by atoms with van der Waals surface area (Å²) in [5, 5.41) is 7.03. The molecule has 0 aliphatic carbocycles. The van der Waals surface area contributed by atoms with E-state index in [0.29, 0.717) is 6.04 Å². The van der Waals surface area contributed by atoms with Crippen LogP contribution in [0, 0.1) is 0 Å². The predicted octanol–water partition coefficient (Wildman–Crippen LogP) is 4.07. The molecule has 0 radical (unpaired) electrons. The van der Waals surface area contributed by atoms with E-state index in [4.69, 9.17) is 0 Å². The van der Waals surface area contributed by atoms with Gasteiger partial charge < -0.3 is 20.4 Å². The Morgan fingerprint density at radius 1 is 1.17 bits per heavy atom. The summed E-state index contributed by atoms with van der Waals surface area (Å²) in [7, 11) is 6.02. The molecule has 2 N–H and O–H groups in total. The van der Waals surface area contributed by atoms with Gasteiger partial charge in [-0.1, -0.05) is 36.4 Å². The topological polar surface area (TPSA) is 42.9 Å². The highest BCUT2D eigenvalue weighted by Crippen LogP contribution is 2.28. The second-order valence-corrected chi connectivity index (χ2v) is 8.37. The lowest BCUT2D eigenvalue weighted by Gasteiger charge is -2.21. The van der Waals surface area contributed by atoms with Gasteiger partial charge >= 0.3 is 0 Å². The number of benzene rings is 2. The number of hydrogen-bond acceptors (Lipinski definition) is 3. The van der Waals surface area contributed by atoms with Crippen LogP contribution >= 0.6 is 39.9 Å². The van der Waals surface area contributed by atoms with Crippen LogP contribution in [0.4, 0.5) is 5.69 Å².